The molecule has 0 atom stereocenters. The lowest BCUT2D eigenvalue weighted by Crippen LogP contribution is -2.22. The van der Waals surface area contributed by atoms with Gasteiger partial charge in [-0.1, -0.05) is 36.7 Å². The Kier molecular flexibility index (Phi) is 4.14. The van der Waals surface area contributed by atoms with Crippen molar-refractivity contribution in [3.63, 3.8) is 0 Å². The molecule has 0 amide bonds. The second kappa shape index (κ2) is 5.00. The van der Waals surface area contributed by atoms with Gasteiger partial charge in [0.05, 0.1) is 7.11 Å². The van der Waals surface area contributed by atoms with E-state index in [-0.39, 0.29) is 11.2 Å². The van der Waals surface area contributed by atoms with Gasteiger partial charge >= 0.3 is 0 Å². The molecule has 0 aromatic heterocycles. The molecule has 0 saturated carbocycles. The average Bonchev–Trinajstić information content (AvgIpc) is 2.19. The van der Waals surface area contributed by atoms with Crippen LogP contribution < -0.4 is 4.74 Å². The third-order valence-electron chi connectivity index (χ3n) is 2.44. The number of ether oxygens (including phenoxy) is 1. The molecule has 0 aliphatic heterocycles. The molecule has 88 valence electrons. The highest BCUT2D eigenvalue weighted by atomic mass is 79.9. The number of halogens is 1. The topological polar surface area (TPSA) is 26.3 Å². The Morgan fingerprint density at radius 1 is 1.38 bits per heavy atom. The summed E-state index contributed by atoms with van der Waals surface area (Å²) in [4.78, 5) is 11.9. The van der Waals surface area contributed by atoms with Crippen molar-refractivity contribution < 1.29 is 9.53 Å². The number of rotatable bonds is 3. The van der Waals surface area contributed by atoms with Crippen LogP contribution in [0.3, 0.4) is 0 Å². The number of carbonyl (C=O) groups is 1. The van der Waals surface area contributed by atoms with Gasteiger partial charge in [0.2, 0.25) is 0 Å². The molecule has 0 unspecified atom stereocenters. The summed E-state index contributed by atoms with van der Waals surface area (Å²) in [7, 11) is 1.62. The van der Waals surface area contributed by atoms with Crippen molar-refractivity contribution in [1.29, 1.82) is 0 Å². The molecule has 0 saturated heterocycles. The molecule has 0 spiro atoms. The van der Waals surface area contributed by atoms with Crippen LogP contribution in [0.5, 0.6) is 5.75 Å². The van der Waals surface area contributed by atoms with E-state index in [1.807, 2.05) is 39.0 Å². The van der Waals surface area contributed by atoms with E-state index in [9.17, 15) is 4.79 Å². The van der Waals surface area contributed by atoms with Gasteiger partial charge in [-0.3, -0.25) is 4.79 Å². The van der Waals surface area contributed by atoms with Gasteiger partial charge in [-0.15, -0.1) is 0 Å². The van der Waals surface area contributed by atoms with Crippen LogP contribution in [0.4, 0.5) is 0 Å². The number of hydrogen-bond acceptors (Lipinski definition) is 2. The zero-order valence-electron chi connectivity index (χ0n) is 10.1. The molecule has 0 aliphatic carbocycles. The smallest absolute Gasteiger partial charge is 0.142 e. The number of ketones is 1. The maximum Gasteiger partial charge on any atom is 0.142 e. The van der Waals surface area contributed by atoms with Crippen molar-refractivity contribution in [2.45, 2.75) is 27.2 Å². The second-order valence-corrected chi connectivity index (χ2v) is 5.66. The van der Waals surface area contributed by atoms with E-state index in [2.05, 4.69) is 15.9 Å². The summed E-state index contributed by atoms with van der Waals surface area (Å²) in [6.07, 6.45) is 0.432. The van der Waals surface area contributed by atoms with Crippen LogP contribution in [-0.4, -0.2) is 12.9 Å². The predicted octanol–water partition coefficient (Wildman–Crippen LogP) is 3.62. The fraction of sp³-hybridized carbons (Fsp3) is 0.462. The summed E-state index contributed by atoms with van der Waals surface area (Å²) in [5, 5.41) is 0. The van der Waals surface area contributed by atoms with E-state index in [1.54, 1.807) is 7.11 Å². The van der Waals surface area contributed by atoms with E-state index >= 15 is 0 Å². The number of methoxy groups -OCH3 is 1. The van der Waals surface area contributed by atoms with Gasteiger partial charge in [0.25, 0.3) is 0 Å². The number of Topliss-reactive ketones (excluding diaryl/α,β-unsaturated/α-hetero) is 1. The standard InChI is InChI=1S/C13H17BrO2/c1-13(2,3)12(15)8-9-7-10(16-4)5-6-11(9)14/h5-7H,8H2,1-4H3. The Bertz CT molecular complexity index is 391. The van der Waals surface area contributed by atoms with Gasteiger partial charge in [-0.05, 0) is 23.8 Å². The zero-order chi connectivity index (χ0) is 12.3. The molecular formula is C13H17BrO2. The maximum absolute atomic E-state index is 11.9. The molecule has 1 aromatic carbocycles. The molecule has 1 aromatic rings. The Morgan fingerprint density at radius 3 is 2.50 bits per heavy atom. The third-order valence-corrected chi connectivity index (χ3v) is 3.21. The molecule has 0 aliphatic rings. The number of benzene rings is 1. The monoisotopic (exact) mass is 284 g/mol. The maximum atomic E-state index is 11.9. The quantitative estimate of drug-likeness (QED) is 0.848. The summed E-state index contributed by atoms with van der Waals surface area (Å²) in [5.74, 6) is 1.00. The van der Waals surface area contributed by atoms with Crippen LogP contribution in [0.1, 0.15) is 26.3 Å². The van der Waals surface area contributed by atoms with Crippen LogP contribution in [0.15, 0.2) is 22.7 Å². The van der Waals surface area contributed by atoms with Crippen molar-refractivity contribution in [3.8, 4) is 5.75 Å². The Morgan fingerprint density at radius 2 is 2.00 bits per heavy atom. The normalized spacial score (nSPS) is 11.3. The fourth-order valence-electron chi connectivity index (χ4n) is 1.25. The largest absolute Gasteiger partial charge is 0.497 e. The van der Waals surface area contributed by atoms with Crippen LogP contribution in [0.25, 0.3) is 0 Å². The van der Waals surface area contributed by atoms with Crippen molar-refractivity contribution in [3.05, 3.63) is 28.2 Å². The minimum Gasteiger partial charge on any atom is -0.497 e. The van der Waals surface area contributed by atoms with Gasteiger partial charge in [0, 0.05) is 16.3 Å². The van der Waals surface area contributed by atoms with Gasteiger partial charge < -0.3 is 4.74 Å². The van der Waals surface area contributed by atoms with Crippen molar-refractivity contribution in [2.24, 2.45) is 5.41 Å². The third kappa shape index (κ3) is 3.34. The first-order chi connectivity index (χ1) is 7.34. The van der Waals surface area contributed by atoms with Crippen molar-refractivity contribution in [1.82, 2.24) is 0 Å². The molecule has 0 radical (unpaired) electrons. The molecular weight excluding hydrogens is 268 g/mol. The molecule has 1 rings (SSSR count). The van der Waals surface area contributed by atoms with Crippen LogP contribution >= 0.6 is 15.9 Å². The van der Waals surface area contributed by atoms with Gasteiger partial charge in [-0.2, -0.15) is 0 Å². The van der Waals surface area contributed by atoms with Crippen LogP contribution in [0, 0.1) is 5.41 Å². The molecule has 3 heteroatoms. The highest BCUT2D eigenvalue weighted by Crippen LogP contribution is 2.26. The van der Waals surface area contributed by atoms with Crippen molar-refractivity contribution >= 4 is 21.7 Å². The molecule has 0 fully saturated rings. The SMILES string of the molecule is COc1ccc(Br)c(CC(=O)C(C)(C)C)c1. The molecule has 16 heavy (non-hydrogen) atoms. The summed E-state index contributed by atoms with van der Waals surface area (Å²) < 4.78 is 6.09. The first-order valence-electron chi connectivity index (χ1n) is 5.20. The van der Waals surface area contributed by atoms with Gasteiger partial charge in [0.1, 0.15) is 11.5 Å². The summed E-state index contributed by atoms with van der Waals surface area (Å²) in [6.45, 7) is 5.80. The summed E-state index contributed by atoms with van der Waals surface area (Å²) >= 11 is 3.45. The van der Waals surface area contributed by atoms with Gasteiger partial charge in [-0.25, -0.2) is 0 Å². The Hall–Kier alpha value is -0.830. The van der Waals surface area contributed by atoms with Crippen LogP contribution in [0.2, 0.25) is 0 Å². The van der Waals surface area contributed by atoms with E-state index in [0.29, 0.717) is 6.42 Å². The minimum atomic E-state index is -0.303. The van der Waals surface area contributed by atoms with E-state index in [4.69, 9.17) is 4.74 Å². The number of carbonyl (C=O) groups excluding carboxylic acids is 1. The Labute approximate surface area is 105 Å². The predicted molar refractivity (Wildman–Crippen MR) is 68.9 cm³/mol. The van der Waals surface area contributed by atoms with E-state index < -0.39 is 0 Å². The summed E-state index contributed by atoms with van der Waals surface area (Å²) in [5.41, 5.74) is 0.668. The fourth-order valence-corrected chi connectivity index (χ4v) is 1.64. The highest BCUT2D eigenvalue weighted by molar-refractivity contribution is 9.10. The Balaban J connectivity index is 2.92. The van der Waals surface area contributed by atoms with Gasteiger partial charge in [0.15, 0.2) is 0 Å². The minimum absolute atomic E-state index is 0.224. The zero-order valence-corrected chi connectivity index (χ0v) is 11.7. The summed E-state index contributed by atoms with van der Waals surface area (Å²) in [6, 6.07) is 5.67. The number of hydrogen-bond donors (Lipinski definition) is 0. The molecule has 0 N–H and O–H groups in total. The van der Waals surface area contributed by atoms with E-state index in [1.165, 1.54) is 0 Å². The second-order valence-electron chi connectivity index (χ2n) is 4.81. The van der Waals surface area contributed by atoms with E-state index in [0.717, 1.165) is 15.8 Å². The molecule has 2 nitrogen and oxygen atoms in total. The van der Waals surface area contributed by atoms with Crippen molar-refractivity contribution in [2.75, 3.05) is 7.11 Å². The first-order valence-corrected chi connectivity index (χ1v) is 5.99. The highest BCUT2D eigenvalue weighted by Gasteiger charge is 2.22. The molecule has 0 bridgehead atoms. The lowest BCUT2D eigenvalue weighted by molar-refractivity contribution is -0.125. The lowest BCUT2D eigenvalue weighted by Gasteiger charge is -2.17. The molecule has 0 heterocycles. The average molecular weight is 285 g/mol. The lowest BCUT2D eigenvalue weighted by atomic mass is 9.87. The van der Waals surface area contributed by atoms with Crippen LogP contribution in [-0.2, 0) is 11.2 Å². The first kappa shape index (κ1) is 13.2.